The third kappa shape index (κ3) is 7.62. The summed E-state index contributed by atoms with van der Waals surface area (Å²) in [5, 5.41) is 3.00. The van der Waals surface area contributed by atoms with Crippen LogP contribution < -0.4 is 5.32 Å². The fourth-order valence-electron chi connectivity index (χ4n) is 1.16. The predicted octanol–water partition coefficient (Wildman–Crippen LogP) is 0.581. The second kappa shape index (κ2) is 10.9. The highest BCUT2D eigenvalue weighted by atomic mass is 16.5. The molecule has 0 fully saturated rings. The van der Waals surface area contributed by atoms with Crippen molar-refractivity contribution < 1.29 is 19.0 Å². The molecule has 0 saturated carbocycles. The van der Waals surface area contributed by atoms with Crippen molar-refractivity contribution in [2.75, 3.05) is 40.1 Å². The highest BCUT2D eigenvalue weighted by Gasteiger charge is 2.17. The summed E-state index contributed by atoms with van der Waals surface area (Å²) in [5.41, 5.74) is 0. The number of methoxy groups -OCH3 is 1. The number of carbonyl (C=O) groups excluding carboxylic acids is 1. The van der Waals surface area contributed by atoms with Crippen molar-refractivity contribution in [1.29, 1.82) is 0 Å². The lowest BCUT2D eigenvalue weighted by Crippen LogP contribution is -2.41. The molecule has 0 amide bonds. The maximum absolute atomic E-state index is 11.3. The SMILES string of the molecule is CCCOCCOCC(NCC)C(=O)OC. The number of hydrogen-bond acceptors (Lipinski definition) is 5. The lowest BCUT2D eigenvalue weighted by molar-refractivity contribution is -0.145. The number of rotatable bonds is 10. The number of hydrogen-bond donors (Lipinski definition) is 1. The van der Waals surface area contributed by atoms with Crippen LogP contribution in [0.2, 0.25) is 0 Å². The van der Waals surface area contributed by atoms with Gasteiger partial charge in [-0.15, -0.1) is 0 Å². The summed E-state index contributed by atoms with van der Waals surface area (Å²) in [6.07, 6.45) is 1.00. The van der Waals surface area contributed by atoms with Crippen molar-refractivity contribution in [3.8, 4) is 0 Å². The summed E-state index contributed by atoms with van der Waals surface area (Å²) in [6, 6.07) is -0.388. The Balaban J connectivity index is 3.56. The highest BCUT2D eigenvalue weighted by molar-refractivity contribution is 5.75. The zero-order valence-corrected chi connectivity index (χ0v) is 10.5. The number of carbonyl (C=O) groups is 1. The van der Waals surface area contributed by atoms with Gasteiger partial charge in [0, 0.05) is 6.61 Å². The van der Waals surface area contributed by atoms with Crippen molar-refractivity contribution in [1.82, 2.24) is 5.32 Å². The molecular formula is C11H23NO4. The molecule has 0 aliphatic rings. The number of esters is 1. The first-order valence-corrected chi connectivity index (χ1v) is 5.72. The van der Waals surface area contributed by atoms with E-state index in [1.807, 2.05) is 6.92 Å². The summed E-state index contributed by atoms with van der Waals surface area (Å²) in [4.78, 5) is 11.3. The van der Waals surface area contributed by atoms with Gasteiger partial charge in [-0.05, 0) is 13.0 Å². The van der Waals surface area contributed by atoms with Crippen LogP contribution >= 0.6 is 0 Å². The average Bonchev–Trinajstić information content (AvgIpc) is 2.31. The van der Waals surface area contributed by atoms with E-state index in [0.717, 1.165) is 13.0 Å². The molecule has 0 aromatic rings. The molecule has 5 heteroatoms. The Morgan fingerprint density at radius 3 is 2.44 bits per heavy atom. The molecule has 0 aliphatic carbocycles. The summed E-state index contributed by atoms with van der Waals surface area (Å²) in [5.74, 6) is -0.295. The molecule has 16 heavy (non-hydrogen) atoms. The van der Waals surface area contributed by atoms with E-state index in [-0.39, 0.29) is 12.0 Å². The molecule has 1 N–H and O–H groups in total. The Bertz CT molecular complexity index is 175. The molecule has 0 aromatic carbocycles. The maximum Gasteiger partial charge on any atom is 0.325 e. The van der Waals surface area contributed by atoms with Gasteiger partial charge < -0.3 is 19.5 Å². The van der Waals surface area contributed by atoms with Gasteiger partial charge in [0.2, 0.25) is 0 Å². The van der Waals surface area contributed by atoms with E-state index in [2.05, 4.69) is 17.0 Å². The van der Waals surface area contributed by atoms with E-state index >= 15 is 0 Å². The molecule has 0 aromatic heterocycles. The van der Waals surface area contributed by atoms with E-state index in [4.69, 9.17) is 9.47 Å². The van der Waals surface area contributed by atoms with Crippen LogP contribution in [0.3, 0.4) is 0 Å². The first-order valence-electron chi connectivity index (χ1n) is 5.72. The van der Waals surface area contributed by atoms with Crippen LogP contribution in [-0.4, -0.2) is 52.1 Å². The quantitative estimate of drug-likeness (QED) is 0.442. The van der Waals surface area contributed by atoms with Crippen molar-refractivity contribution in [2.24, 2.45) is 0 Å². The summed E-state index contributed by atoms with van der Waals surface area (Å²) >= 11 is 0. The van der Waals surface area contributed by atoms with Gasteiger partial charge in [0.25, 0.3) is 0 Å². The van der Waals surface area contributed by atoms with E-state index in [1.165, 1.54) is 7.11 Å². The van der Waals surface area contributed by atoms with Gasteiger partial charge in [-0.3, -0.25) is 4.79 Å². The lowest BCUT2D eigenvalue weighted by atomic mass is 10.3. The van der Waals surface area contributed by atoms with Gasteiger partial charge in [-0.2, -0.15) is 0 Å². The van der Waals surface area contributed by atoms with Gasteiger partial charge in [-0.1, -0.05) is 13.8 Å². The second-order valence-corrected chi connectivity index (χ2v) is 3.32. The van der Waals surface area contributed by atoms with Gasteiger partial charge in [0.1, 0.15) is 6.04 Å². The first kappa shape index (κ1) is 15.3. The number of nitrogens with one attached hydrogen (secondary N) is 1. The first-order chi connectivity index (χ1) is 7.76. The minimum atomic E-state index is -0.388. The highest BCUT2D eigenvalue weighted by Crippen LogP contribution is 1.91. The van der Waals surface area contributed by atoms with Crippen molar-refractivity contribution in [3.63, 3.8) is 0 Å². The van der Waals surface area contributed by atoms with Crippen LogP contribution in [0.25, 0.3) is 0 Å². The van der Waals surface area contributed by atoms with Crippen LogP contribution in [0.1, 0.15) is 20.3 Å². The molecule has 0 bridgehead atoms. The van der Waals surface area contributed by atoms with Crippen LogP contribution in [0.15, 0.2) is 0 Å². The van der Waals surface area contributed by atoms with Gasteiger partial charge in [0.15, 0.2) is 0 Å². The summed E-state index contributed by atoms with van der Waals surface area (Å²) < 4.78 is 15.2. The van der Waals surface area contributed by atoms with Gasteiger partial charge in [-0.25, -0.2) is 0 Å². The molecule has 96 valence electrons. The van der Waals surface area contributed by atoms with E-state index in [0.29, 0.717) is 26.4 Å². The number of likely N-dealkylation sites (N-methyl/N-ethyl adjacent to an activating group) is 1. The Kier molecular flexibility index (Phi) is 10.4. The summed E-state index contributed by atoms with van der Waals surface area (Å²) in [7, 11) is 1.37. The normalized spacial score (nSPS) is 12.4. The Morgan fingerprint density at radius 1 is 1.19 bits per heavy atom. The van der Waals surface area contributed by atoms with E-state index in [9.17, 15) is 4.79 Å². The fourth-order valence-corrected chi connectivity index (χ4v) is 1.16. The average molecular weight is 233 g/mol. The predicted molar refractivity (Wildman–Crippen MR) is 61.4 cm³/mol. The standard InChI is InChI=1S/C11H23NO4/c1-4-6-15-7-8-16-9-10(12-5-2)11(13)14-3/h10,12H,4-9H2,1-3H3. The lowest BCUT2D eigenvalue weighted by Gasteiger charge is -2.15. The van der Waals surface area contributed by atoms with Crippen molar-refractivity contribution >= 4 is 5.97 Å². The van der Waals surface area contributed by atoms with Crippen molar-refractivity contribution in [2.45, 2.75) is 26.3 Å². The van der Waals surface area contributed by atoms with Gasteiger partial charge >= 0.3 is 5.97 Å². The molecule has 5 nitrogen and oxygen atoms in total. The molecule has 0 aliphatic heterocycles. The smallest absolute Gasteiger partial charge is 0.325 e. The van der Waals surface area contributed by atoms with Crippen molar-refractivity contribution in [3.05, 3.63) is 0 Å². The monoisotopic (exact) mass is 233 g/mol. The third-order valence-corrected chi connectivity index (χ3v) is 1.94. The Morgan fingerprint density at radius 2 is 1.88 bits per heavy atom. The number of ether oxygens (including phenoxy) is 3. The minimum Gasteiger partial charge on any atom is -0.468 e. The third-order valence-electron chi connectivity index (χ3n) is 1.94. The Hall–Kier alpha value is -0.650. The Labute approximate surface area is 97.4 Å². The molecule has 0 heterocycles. The van der Waals surface area contributed by atoms with Crippen LogP contribution in [0, 0.1) is 0 Å². The zero-order chi connectivity index (χ0) is 12.2. The molecule has 0 radical (unpaired) electrons. The van der Waals surface area contributed by atoms with Crippen LogP contribution in [-0.2, 0) is 19.0 Å². The largest absolute Gasteiger partial charge is 0.468 e. The van der Waals surface area contributed by atoms with E-state index < -0.39 is 0 Å². The molecule has 1 unspecified atom stereocenters. The zero-order valence-electron chi connectivity index (χ0n) is 10.5. The van der Waals surface area contributed by atoms with Crippen LogP contribution in [0.4, 0.5) is 0 Å². The molecule has 1 atom stereocenters. The molecule has 0 spiro atoms. The maximum atomic E-state index is 11.3. The topological polar surface area (TPSA) is 56.8 Å². The van der Waals surface area contributed by atoms with Crippen LogP contribution in [0.5, 0.6) is 0 Å². The minimum absolute atomic E-state index is 0.295. The molecular weight excluding hydrogens is 210 g/mol. The second-order valence-electron chi connectivity index (χ2n) is 3.32. The van der Waals surface area contributed by atoms with E-state index in [1.54, 1.807) is 0 Å². The summed E-state index contributed by atoms with van der Waals surface area (Å²) in [6.45, 7) is 6.81. The molecule has 0 saturated heterocycles. The van der Waals surface area contributed by atoms with Gasteiger partial charge in [0.05, 0.1) is 26.9 Å². The fraction of sp³-hybridized carbons (Fsp3) is 0.909. The molecule has 0 rings (SSSR count).